The SMILES string of the molecule is Cc1nc(Cl)c(N)c(Oc2ccc3c(c2)CCC3)n1. The van der Waals surface area contributed by atoms with Crippen molar-refractivity contribution in [3.05, 3.63) is 40.3 Å². The van der Waals surface area contributed by atoms with Gasteiger partial charge >= 0.3 is 0 Å². The molecule has 1 aromatic heterocycles. The lowest BCUT2D eigenvalue weighted by Crippen LogP contribution is -2.00. The first-order chi connectivity index (χ1) is 9.13. The number of nitrogens with two attached hydrogens (primary N) is 1. The number of nitrogens with zero attached hydrogens (tertiary/aromatic N) is 2. The van der Waals surface area contributed by atoms with Gasteiger partial charge in [-0.1, -0.05) is 17.7 Å². The summed E-state index contributed by atoms with van der Waals surface area (Å²) in [5, 5.41) is 0.226. The number of hydrogen-bond acceptors (Lipinski definition) is 4. The molecule has 3 rings (SSSR count). The third-order valence-electron chi connectivity index (χ3n) is 3.26. The van der Waals surface area contributed by atoms with Gasteiger partial charge in [0.15, 0.2) is 5.15 Å². The lowest BCUT2D eigenvalue weighted by molar-refractivity contribution is 0.462. The Morgan fingerprint density at radius 3 is 2.84 bits per heavy atom. The molecule has 4 nitrogen and oxygen atoms in total. The molecule has 0 unspecified atom stereocenters. The van der Waals surface area contributed by atoms with Crippen molar-refractivity contribution in [2.75, 3.05) is 5.73 Å². The highest BCUT2D eigenvalue weighted by Crippen LogP contribution is 2.32. The molecule has 5 heteroatoms. The molecule has 1 heterocycles. The average molecular weight is 276 g/mol. The molecule has 0 atom stereocenters. The monoisotopic (exact) mass is 275 g/mol. The van der Waals surface area contributed by atoms with E-state index in [1.54, 1.807) is 6.92 Å². The first kappa shape index (κ1) is 12.2. The van der Waals surface area contributed by atoms with Gasteiger partial charge in [-0.15, -0.1) is 0 Å². The van der Waals surface area contributed by atoms with Crippen molar-refractivity contribution in [2.24, 2.45) is 0 Å². The average Bonchev–Trinajstić information content (AvgIpc) is 2.82. The summed E-state index contributed by atoms with van der Waals surface area (Å²) in [6.07, 6.45) is 3.46. The van der Waals surface area contributed by atoms with Gasteiger partial charge in [0.05, 0.1) is 0 Å². The fourth-order valence-electron chi connectivity index (χ4n) is 2.32. The molecule has 0 saturated carbocycles. The molecule has 2 aromatic rings. The van der Waals surface area contributed by atoms with Crippen molar-refractivity contribution >= 4 is 17.3 Å². The van der Waals surface area contributed by atoms with Crippen molar-refractivity contribution < 1.29 is 4.74 Å². The second-order valence-corrected chi connectivity index (χ2v) is 5.02. The Labute approximate surface area is 116 Å². The minimum Gasteiger partial charge on any atom is -0.437 e. The summed E-state index contributed by atoms with van der Waals surface area (Å²) < 4.78 is 5.74. The van der Waals surface area contributed by atoms with Crippen LogP contribution in [0.25, 0.3) is 0 Å². The molecule has 1 aliphatic rings. The first-order valence-corrected chi connectivity index (χ1v) is 6.60. The second kappa shape index (κ2) is 4.70. The molecule has 0 amide bonds. The Balaban J connectivity index is 1.93. The molecule has 2 N–H and O–H groups in total. The Morgan fingerprint density at radius 2 is 2.00 bits per heavy atom. The molecule has 1 aliphatic carbocycles. The van der Waals surface area contributed by atoms with Crippen LogP contribution in [0.2, 0.25) is 5.15 Å². The van der Waals surface area contributed by atoms with Crippen LogP contribution < -0.4 is 10.5 Å². The third kappa shape index (κ3) is 2.36. The van der Waals surface area contributed by atoms with Gasteiger partial charge in [0.1, 0.15) is 17.3 Å². The van der Waals surface area contributed by atoms with Gasteiger partial charge in [-0.25, -0.2) is 4.98 Å². The minimum atomic E-state index is 0.226. The molecule has 98 valence electrons. The number of aromatic nitrogens is 2. The maximum Gasteiger partial charge on any atom is 0.247 e. The quantitative estimate of drug-likeness (QED) is 0.854. The molecule has 0 fully saturated rings. The Bertz CT molecular complexity index is 643. The summed E-state index contributed by atoms with van der Waals surface area (Å²) in [5.74, 6) is 1.59. The summed E-state index contributed by atoms with van der Waals surface area (Å²) in [7, 11) is 0. The van der Waals surface area contributed by atoms with Crippen LogP contribution in [-0.2, 0) is 12.8 Å². The molecule has 0 aliphatic heterocycles. The van der Waals surface area contributed by atoms with Crippen molar-refractivity contribution in [2.45, 2.75) is 26.2 Å². The van der Waals surface area contributed by atoms with Gasteiger partial charge in [-0.05, 0) is 49.4 Å². The summed E-state index contributed by atoms with van der Waals surface area (Å²) in [6.45, 7) is 1.75. The second-order valence-electron chi connectivity index (χ2n) is 4.67. The van der Waals surface area contributed by atoms with Crippen LogP contribution in [0.4, 0.5) is 5.69 Å². The minimum absolute atomic E-state index is 0.226. The van der Waals surface area contributed by atoms with E-state index in [4.69, 9.17) is 22.1 Å². The zero-order chi connectivity index (χ0) is 13.4. The Hall–Kier alpha value is -1.81. The fraction of sp³-hybridized carbons (Fsp3) is 0.286. The zero-order valence-electron chi connectivity index (χ0n) is 10.6. The maximum absolute atomic E-state index is 5.92. The van der Waals surface area contributed by atoms with Gasteiger partial charge in [-0.3, -0.25) is 0 Å². The van der Waals surface area contributed by atoms with Crippen LogP contribution in [0, 0.1) is 6.92 Å². The number of benzene rings is 1. The third-order valence-corrected chi connectivity index (χ3v) is 3.55. The predicted octanol–water partition coefficient (Wildman–Crippen LogP) is 3.30. The highest BCUT2D eigenvalue weighted by molar-refractivity contribution is 6.32. The van der Waals surface area contributed by atoms with E-state index in [0.717, 1.165) is 18.6 Å². The normalized spacial score (nSPS) is 13.4. The summed E-state index contributed by atoms with van der Waals surface area (Å²) in [5.41, 5.74) is 8.84. The van der Waals surface area contributed by atoms with Crippen LogP contribution in [-0.4, -0.2) is 9.97 Å². The highest BCUT2D eigenvalue weighted by atomic mass is 35.5. The molecule has 0 radical (unpaired) electrons. The van der Waals surface area contributed by atoms with Crippen molar-refractivity contribution in [3.63, 3.8) is 0 Å². The lowest BCUT2D eigenvalue weighted by Gasteiger charge is -2.10. The molecule has 19 heavy (non-hydrogen) atoms. The Kier molecular flexibility index (Phi) is 3.03. The smallest absolute Gasteiger partial charge is 0.247 e. The number of halogens is 1. The van der Waals surface area contributed by atoms with Crippen molar-refractivity contribution in [1.82, 2.24) is 9.97 Å². The first-order valence-electron chi connectivity index (χ1n) is 6.23. The number of ether oxygens (including phenoxy) is 1. The largest absolute Gasteiger partial charge is 0.437 e. The van der Waals surface area contributed by atoms with E-state index < -0.39 is 0 Å². The number of hydrogen-bond donors (Lipinski definition) is 1. The van der Waals surface area contributed by atoms with Crippen molar-refractivity contribution in [3.8, 4) is 11.6 Å². The number of fused-ring (bicyclic) bond motifs is 1. The van der Waals surface area contributed by atoms with E-state index in [1.807, 2.05) is 12.1 Å². The van der Waals surface area contributed by atoms with Gasteiger partial charge < -0.3 is 10.5 Å². The zero-order valence-corrected chi connectivity index (χ0v) is 11.4. The van der Waals surface area contributed by atoms with E-state index in [1.165, 1.54) is 17.5 Å². The van der Waals surface area contributed by atoms with Crippen molar-refractivity contribution in [1.29, 1.82) is 0 Å². The fourth-order valence-corrected chi connectivity index (χ4v) is 2.53. The Morgan fingerprint density at radius 1 is 1.21 bits per heavy atom. The van der Waals surface area contributed by atoms with Crippen LogP contribution >= 0.6 is 11.6 Å². The molecule has 1 aromatic carbocycles. The van der Waals surface area contributed by atoms with E-state index in [0.29, 0.717) is 11.7 Å². The summed E-state index contributed by atoms with van der Waals surface area (Å²) in [6, 6.07) is 6.09. The van der Waals surface area contributed by atoms with Gasteiger partial charge in [0.25, 0.3) is 0 Å². The van der Waals surface area contributed by atoms with E-state index in [9.17, 15) is 0 Å². The van der Waals surface area contributed by atoms with Gasteiger partial charge in [0.2, 0.25) is 5.88 Å². The highest BCUT2D eigenvalue weighted by Gasteiger charge is 2.14. The number of aryl methyl sites for hydroxylation is 3. The van der Waals surface area contributed by atoms with E-state index >= 15 is 0 Å². The molecular weight excluding hydrogens is 262 g/mol. The van der Waals surface area contributed by atoms with Crippen LogP contribution in [0.3, 0.4) is 0 Å². The van der Waals surface area contributed by atoms with Gasteiger partial charge in [-0.2, -0.15) is 4.98 Å². The summed E-state index contributed by atoms with van der Waals surface area (Å²) in [4.78, 5) is 8.16. The molecule has 0 bridgehead atoms. The topological polar surface area (TPSA) is 61.0 Å². The van der Waals surface area contributed by atoms with E-state index in [2.05, 4.69) is 16.0 Å². The maximum atomic E-state index is 5.92. The number of rotatable bonds is 2. The van der Waals surface area contributed by atoms with Crippen LogP contribution in [0.5, 0.6) is 11.6 Å². The predicted molar refractivity (Wildman–Crippen MR) is 74.7 cm³/mol. The van der Waals surface area contributed by atoms with Gasteiger partial charge in [0, 0.05) is 0 Å². The van der Waals surface area contributed by atoms with E-state index in [-0.39, 0.29) is 10.8 Å². The standard InChI is InChI=1S/C14H14ClN3O/c1-8-17-13(15)12(16)14(18-8)19-11-6-5-9-3-2-4-10(9)7-11/h5-7H,2-4,16H2,1H3. The molecule has 0 spiro atoms. The number of nitrogen functional groups attached to an aromatic ring is 1. The van der Waals surface area contributed by atoms with Crippen LogP contribution in [0.15, 0.2) is 18.2 Å². The lowest BCUT2D eigenvalue weighted by atomic mass is 10.1. The molecular formula is C14H14ClN3O. The van der Waals surface area contributed by atoms with Crippen LogP contribution in [0.1, 0.15) is 23.4 Å². The number of anilines is 1. The summed E-state index contributed by atoms with van der Waals surface area (Å²) >= 11 is 5.92. The molecule has 0 saturated heterocycles.